The number of hydrogen-bond donors (Lipinski definition) is 1. The zero-order valence-corrected chi connectivity index (χ0v) is 10.8. The van der Waals surface area contributed by atoms with Crippen LogP contribution in [0.1, 0.15) is 33.3 Å². The van der Waals surface area contributed by atoms with Crippen LogP contribution in [-0.2, 0) is 0 Å². The SMILES string of the molecule is CC(CNc1cc(F)cc(C#N)c1)C(C)(C)C. The smallest absolute Gasteiger partial charge is 0.126 e. The van der Waals surface area contributed by atoms with Crippen LogP contribution >= 0.6 is 0 Å². The maximum absolute atomic E-state index is 13.2. The van der Waals surface area contributed by atoms with Gasteiger partial charge >= 0.3 is 0 Å². The van der Waals surface area contributed by atoms with Crippen LogP contribution in [0.4, 0.5) is 10.1 Å². The van der Waals surface area contributed by atoms with E-state index in [0.29, 0.717) is 17.2 Å². The third-order valence-corrected chi connectivity index (χ3v) is 3.12. The monoisotopic (exact) mass is 234 g/mol. The molecule has 0 aromatic heterocycles. The second kappa shape index (κ2) is 5.18. The van der Waals surface area contributed by atoms with Gasteiger partial charge in [0.05, 0.1) is 11.6 Å². The highest BCUT2D eigenvalue weighted by molar-refractivity contribution is 5.49. The number of benzene rings is 1. The van der Waals surface area contributed by atoms with Crippen molar-refractivity contribution in [3.63, 3.8) is 0 Å². The molecule has 0 aliphatic heterocycles. The van der Waals surface area contributed by atoms with Gasteiger partial charge in [-0.15, -0.1) is 0 Å². The van der Waals surface area contributed by atoms with Crippen LogP contribution in [0.2, 0.25) is 0 Å². The summed E-state index contributed by atoms with van der Waals surface area (Å²) in [4.78, 5) is 0. The predicted molar refractivity (Wildman–Crippen MR) is 68.2 cm³/mol. The van der Waals surface area contributed by atoms with Gasteiger partial charge in [0.25, 0.3) is 0 Å². The van der Waals surface area contributed by atoms with Gasteiger partial charge in [-0.2, -0.15) is 5.26 Å². The molecule has 1 atom stereocenters. The second-order valence-electron chi connectivity index (χ2n) is 5.49. The Labute approximate surface area is 102 Å². The number of rotatable bonds is 3. The van der Waals surface area contributed by atoms with Crippen molar-refractivity contribution in [1.82, 2.24) is 0 Å². The minimum absolute atomic E-state index is 0.207. The largest absolute Gasteiger partial charge is 0.385 e. The summed E-state index contributed by atoms with van der Waals surface area (Å²) in [7, 11) is 0. The first-order valence-corrected chi connectivity index (χ1v) is 5.77. The van der Waals surface area contributed by atoms with E-state index < -0.39 is 0 Å². The lowest BCUT2D eigenvalue weighted by molar-refractivity contribution is 0.274. The van der Waals surface area contributed by atoms with Crippen molar-refractivity contribution in [3.8, 4) is 6.07 Å². The van der Waals surface area contributed by atoms with E-state index in [-0.39, 0.29) is 11.2 Å². The van der Waals surface area contributed by atoms with Gasteiger partial charge in [0.15, 0.2) is 0 Å². The molecule has 0 amide bonds. The summed E-state index contributed by atoms with van der Waals surface area (Å²) < 4.78 is 13.2. The van der Waals surface area contributed by atoms with Crippen molar-refractivity contribution < 1.29 is 4.39 Å². The number of nitrogens with one attached hydrogen (secondary N) is 1. The minimum Gasteiger partial charge on any atom is -0.385 e. The fourth-order valence-electron chi connectivity index (χ4n) is 1.33. The van der Waals surface area contributed by atoms with Gasteiger partial charge < -0.3 is 5.32 Å². The molecule has 1 N–H and O–H groups in total. The highest BCUT2D eigenvalue weighted by Crippen LogP contribution is 2.25. The molecule has 0 fully saturated rings. The fourth-order valence-corrected chi connectivity index (χ4v) is 1.33. The van der Waals surface area contributed by atoms with E-state index in [1.54, 1.807) is 6.07 Å². The van der Waals surface area contributed by atoms with E-state index in [4.69, 9.17) is 5.26 Å². The number of nitrogens with zero attached hydrogens (tertiary/aromatic N) is 1. The van der Waals surface area contributed by atoms with E-state index in [1.807, 2.05) is 6.07 Å². The zero-order valence-electron chi connectivity index (χ0n) is 10.8. The van der Waals surface area contributed by atoms with Crippen molar-refractivity contribution in [2.75, 3.05) is 11.9 Å². The average Bonchev–Trinajstić information content (AvgIpc) is 2.23. The Bertz CT molecular complexity index is 427. The van der Waals surface area contributed by atoms with Gasteiger partial charge in [0, 0.05) is 12.2 Å². The van der Waals surface area contributed by atoms with Crippen LogP contribution < -0.4 is 5.32 Å². The highest BCUT2D eigenvalue weighted by Gasteiger charge is 2.19. The van der Waals surface area contributed by atoms with Crippen molar-refractivity contribution >= 4 is 5.69 Å². The molecular formula is C14H19FN2. The van der Waals surface area contributed by atoms with Gasteiger partial charge in [-0.1, -0.05) is 27.7 Å². The normalized spacial score (nSPS) is 12.9. The van der Waals surface area contributed by atoms with Crippen molar-refractivity contribution in [3.05, 3.63) is 29.6 Å². The number of nitriles is 1. The molecule has 1 rings (SSSR count). The molecule has 92 valence electrons. The first-order valence-electron chi connectivity index (χ1n) is 5.77. The van der Waals surface area contributed by atoms with Crippen LogP contribution in [0.3, 0.4) is 0 Å². The fraction of sp³-hybridized carbons (Fsp3) is 0.500. The predicted octanol–water partition coefficient (Wildman–Crippen LogP) is 3.79. The molecule has 1 aromatic carbocycles. The summed E-state index contributed by atoms with van der Waals surface area (Å²) in [6.45, 7) is 9.43. The molecule has 2 nitrogen and oxygen atoms in total. The summed E-state index contributed by atoms with van der Waals surface area (Å²) in [5.74, 6) is 0.0752. The Morgan fingerprint density at radius 2 is 2.00 bits per heavy atom. The lowest BCUT2D eigenvalue weighted by atomic mass is 9.82. The molecule has 17 heavy (non-hydrogen) atoms. The third-order valence-electron chi connectivity index (χ3n) is 3.12. The molecule has 0 saturated carbocycles. The molecular weight excluding hydrogens is 215 g/mol. The standard InChI is InChI=1S/C14H19FN2/c1-10(14(2,3)4)9-17-13-6-11(8-16)5-12(15)7-13/h5-7,10,17H,9H2,1-4H3. The van der Waals surface area contributed by atoms with E-state index in [0.717, 1.165) is 6.54 Å². The molecule has 1 aromatic rings. The van der Waals surface area contributed by atoms with Crippen LogP contribution in [0.5, 0.6) is 0 Å². The van der Waals surface area contributed by atoms with E-state index in [1.165, 1.54) is 12.1 Å². The Morgan fingerprint density at radius 3 is 2.53 bits per heavy atom. The molecule has 0 spiro atoms. The van der Waals surface area contributed by atoms with Crippen LogP contribution in [-0.4, -0.2) is 6.54 Å². The van der Waals surface area contributed by atoms with Crippen molar-refractivity contribution in [1.29, 1.82) is 5.26 Å². The maximum Gasteiger partial charge on any atom is 0.126 e. The first kappa shape index (κ1) is 13.5. The van der Waals surface area contributed by atoms with E-state index in [9.17, 15) is 4.39 Å². The number of hydrogen-bond acceptors (Lipinski definition) is 2. The van der Waals surface area contributed by atoms with Gasteiger partial charge in [0.1, 0.15) is 5.82 Å². The maximum atomic E-state index is 13.2. The van der Waals surface area contributed by atoms with E-state index in [2.05, 4.69) is 33.0 Å². The molecule has 0 saturated heterocycles. The summed E-state index contributed by atoms with van der Waals surface area (Å²) >= 11 is 0. The minimum atomic E-state index is -0.380. The molecule has 0 heterocycles. The second-order valence-corrected chi connectivity index (χ2v) is 5.49. The van der Waals surface area contributed by atoms with Gasteiger partial charge in [0.2, 0.25) is 0 Å². The molecule has 0 aliphatic rings. The Kier molecular flexibility index (Phi) is 4.11. The Hall–Kier alpha value is -1.56. The molecule has 1 unspecified atom stereocenters. The summed E-state index contributed by atoms with van der Waals surface area (Å²) in [6, 6.07) is 6.26. The molecule has 0 radical (unpaired) electrons. The molecule has 0 bridgehead atoms. The van der Waals surface area contributed by atoms with Crippen LogP contribution in [0, 0.1) is 28.5 Å². The average molecular weight is 234 g/mol. The van der Waals surface area contributed by atoms with Gasteiger partial charge in [-0.05, 0) is 29.5 Å². The van der Waals surface area contributed by atoms with Crippen LogP contribution in [0.15, 0.2) is 18.2 Å². The third kappa shape index (κ3) is 4.07. The lowest BCUT2D eigenvalue weighted by Gasteiger charge is -2.27. The number of anilines is 1. The van der Waals surface area contributed by atoms with Gasteiger partial charge in [-0.25, -0.2) is 4.39 Å². The summed E-state index contributed by atoms with van der Waals surface area (Å²) in [5.41, 5.74) is 1.21. The quantitative estimate of drug-likeness (QED) is 0.863. The zero-order chi connectivity index (χ0) is 13.1. The highest BCUT2D eigenvalue weighted by atomic mass is 19.1. The number of halogens is 1. The lowest BCUT2D eigenvalue weighted by Crippen LogP contribution is -2.24. The molecule has 3 heteroatoms. The summed E-state index contributed by atoms with van der Waals surface area (Å²) in [6.07, 6.45) is 0. The molecule has 0 aliphatic carbocycles. The van der Waals surface area contributed by atoms with E-state index >= 15 is 0 Å². The topological polar surface area (TPSA) is 35.8 Å². The summed E-state index contributed by atoms with van der Waals surface area (Å²) in [5, 5.41) is 11.9. The first-order chi connectivity index (χ1) is 7.82. The Morgan fingerprint density at radius 1 is 1.35 bits per heavy atom. The van der Waals surface area contributed by atoms with Crippen LogP contribution in [0.25, 0.3) is 0 Å². The Balaban J connectivity index is 2.70. The van der Waals surface area contributed by atoms with Gasteiger partial charge in [-0.3, -0.25) is 0 Å². The van der Waals surface area contributed by atoms with Crippen molar-refractivity contribution in [2.45, 2.75) is 27.7 Å². The van der Waals surface area contributed by atoms with Crippen molar-refractivity contribution in [2.24, 2.45) is 11.3 Å².